The predicted molar refractivity (Wildman–Crippen MR) is 107 cm³/mol. The number of aliphatic hydroxyl groups is 1. The van der Waals surface area contributed by atoms with Gasteiger partial charge in [0.1, 0.15) is 5.82 Å². The molecule has 150 valence electrons. The molecule has 2 fully saturated rings. The van der Waals surface area contributed by atoms with Crippen molar-refractivity contribution in [2.45, 2.75) is 44.8 Å². The van der Waals surface area contributed by atoms with E-state index in [1.165, 1.54) is 0 Å². The Labute approximate surface area is 166 Å². The molecular weight excluding hydrogens is 354 g/mol. The third-order valence-electron chi connectivity index (χ3n) is 5.94. The first-order valence-electron chi connectivity index (χ1n) is 10.3. The maximum Gasteiger partial charge on any atom is 0.255 e. The molecule has 0 bridgehead atoms. The van der Waals surface area contributed by atoms with Crippen LogP contribution in [0.25, 0.3) is 0 Å². The first kappa shape index (κ1) is 18.9. The van der Waals surface area contributed by atoms with Gasteiger partial charge >= 0.3 is 0 Å². The summed E-state index contributed by atoms with van der Waals surface area (Å²) in [6, 6.07) is 5.73. The van der Waals surface area contributed by atoms with Crippen LogP contribution in [0.4, 0.5) is 5.82 Å². The predicted octanol–water partition coefficient (Wildman–Crippen LogP) is 2.18. The van der Waals surface area contributed by atoms with Crippen LogP contribution in [0, 0.1) is 5.92 Å². The van der Waals surface area contributed by atoms with E-state index >= 15 is 0 Å². The highest BCUT2D eigenvalue weighted by molar-refractivity contribution is 5.94. The number of aliphatic hydroxyl groups excluding tert-OH is 1. The second kappa shape index (κ2) is 8.73. The molecule has 2 aliphatic rings. The van der Waals surface area contributed by atoms with Crippen LogP contribution in [0.5, 0.6) is 0 Å². The lowest BCUT2D eigenvalue weighted by molar-refractivity contribution is 0.0684. The van der Waals surface area contributed by atoms with Gasteiger partial charge in [-0.25, -0.2) is 4.98 Å². The third kappa shape index (κ3) is 4.52. The summed E-state index contributed by atoms with van der Waals surface area (Å²) in [4.78, 5) is 21.3. The van der Waals surface area contributed by atoms with E-state index in [-0.39, 0.29) is 12.0 Å². The minimum absolute atomic E-state index is 0.0725. The first-order valence-corrected chi connectivity index (χ1v) is 10.3. The smallest absolute Gasteiger partial charge is 0.255 e. The zero-order chi connectivity index (χ0) is 19.3. The molecule has 0 aromatic carbocycles. The van der Waals surface area contributed by atoms with Crippen molar-refractivity contribution in [2.24, 2.45) is 5.92 Å². The summed E-state index contributed by atoms with van der Waals surface area (Å²) in [6.45, 7) is 4.09. The van der Waals surface area contributed by atoms with Crippen molar-refractivity contribution in [3.05, 3.63) is 42.4 Å². The quantitative estimate of drug-likeness (QED) is 0.857. The number of nitrogens with zero attached hydrogens (tertiary/aromatic N) is 5. The molecule has 0 aliphatic carbocycles. The number of hydrogen-bond acceptors (Lipinski definition) is 5. The van der Waals surface area contributed by atoms with Crippen molar-refractivity contribution in [1.82, 2.24) is 19.7 Å². The molecule has 1 unspecified atom stereocenters. The van der Waals surface area contributed by atoms with Gasteiger partial charge < -0.3 is 14.9 Å². The minimum atomic E-state index is -0.286. The number of hydrogen-bond donors (Lipinski definition) is 1. The Kier molecular flexibility index (Phi) is 5.90. The van der Waals surface area contributed by atoms with Gasteiger partial charge in [0.05, 0.1) is 11.7 Å². The maximum absolute atomic E-state index is 12.8. The van der Waals surface area contributed by atoms with E-state index in [1.807, 2.05) is 40.2 Å². The van der Waals surface area contributed by atoms with Crippen LogP contribution >= 0.6 is 0 Å². The molecule has 28 heavy (non-hydrogen) atoms. The lowest BCUT2D eigenvalue weighted by Gasteiger charge is -2.32. The summed E-state index contributed by atoms with van der Waals surface area (Å²) in [7, 11) is 0. The van der Waals surface area contributed by atoms with Gasteiger partial charge in [-0.1, -0.05) is 0 Å². The van der Waals surface area contributed by atoms with Gasteiger partial charge in [0.15, 0.2) is 0 Å². The summed E-state index contributed by atoms with van der Waals surface area (Å²) in [5.41, 5.74) is 0.649. The standard InChI is InChI=1S/C21H29N5O2/c27-19-3-1-10-25(16-19)20-5-4-18(15-22-20)21(28)24-12-6-17(7-13-24)8-14-26-11-2-9-23-26/h2,4-5,9,11,15,17,19,27H,1,3,6-8,10,12-14,16H2. The van der Waals surface area contributed by atoms with E-state index < -0.39 is 0 Å². The van der Waals surface area contributed by atoms with Gasteiger partial charge in [-0.15, -0.1) is 0 Å². The zero-order valence-corrected chi connectivity index (χ0v) is 16.3. The summed E-state index contributed by atoms with van der Waals surface area (Å²) >= 11 is 0. The molecule has 4 rings (SSSR count). The molecular formula is C21H29N5O2. The fraction of sp³-hybridized carbons (Fsp3) is 0.571. The van der Waals surface area contributed by atoms with Gasteiger partial charge in [0.2, 0.25) is 0 Å². The van der Waals surface area contributed by atoms with E-state index in [1.54, 1.807) is 6.20 Å². The van der Waals surface area contributed by atoms with E-state index in [9.17, 15) is 9.90 Å². The number of likely N-dealkylation sites (tertiary alicyclic amines) is 1. The van der Waals surface area contributed by atoms with E-state index in [2.05, 4.69) is 15.0 Å². The summed E-state index contributed by atoms with van der Waals surface area (Å²) in [5.74, 6) is 1.56. The van der Waals surface area contributed by atoms with Gasteiger partial charge in [-0.2, -0.15) is 5.10 Å². The number of carbonyl (C=O) groups excluding carboxylic acids is 1. The van der Waals surface area contributed by atoms with Crippen LogP contribution in [0.2, 0.25) is 0 Å². The van der Waals surface area contributed by atoms with Crippen LogP contribution in [0.15, 0.2) is 36.8 Å². The number of β-amino-alcohol motifs (C(OH)–C–C–N with tert-alkyl or cyclic N) is 1. The highest BCUT2D eigenvalue weighted by atomic mass is 16.3. The Hall–Kier alpha value is -2.41. The Balaban J connectivity index is 1.27. The van der Waals surface area contributed by atoms with Crippen LogP contribution in [0.1, 0.15) is 42.5 Å². The second-order valence-corrected chi connectivity index (χ2v) is 7.94. The molecule has 1 amide bonds. The number of pyridine rings is 1. The Morgan fingerprint density at radius 2 is 2.04 bits per heavy atom. The van der Waals surface area contributed by atoms with Crippen molar-refractivity contribution in [3.8, 4) is 0 Å². The average molecular weight is 383 g/mol. The fourth-order valence-corrected chi connectivity index (χ4v) is 4.22. The highest BCUT2D eigenvalue weighted by Crippen LogP contribution is 2.23. The van der Waals surface area contributed by atoms with Crippen LogP contribution < -0.4 is 4.90 Å². The molecule has 0 spiro atoms. The molecule has 2 aromatic heterocycles. The normalized spacial score (nSPS) is 21.1. The Morgan fingerprint density at radius 1 is 1.18 bits per heavy atom. The lowest BCUT2D eigenvalue weighted by Crippen LogP contribution is -2.39. The van der Waals surface area contributed by atoms with E-state index in [4.69, 9.17) is 0 Å². The molecule has 7 heteroatoms. The monoisotopic (exact) mass is 383 g/mol. The number of piperidine rings is 2. The van der Waals surface area contributed by atoms with Crippen molar-refractivity contribution in [3.63, 3.8) is 0 Å². The minimum Gasteiger partial charge on any atom is -0.391 e. The van der Waals surface area contributed by atoms with Crippen molar-refractivity contribution in [1.29, 1.82) is 0 Å². The van der Waals surface area contributed by atoms with Gasteiger partial charge in [0.25, 0.3) is 5.91 Å². The number of aryl methyl sites for hydroxylation is 1. The number of anilines is 1. The molecule has 1 atom stereocenters. The largest absolute Gasteiger partial charge is 0.391 e. The van der Waals surface area contributed by atoms with Gasteiger partial charge in [-0.05, 0) is 56.2 Å². The number of amides is 1. The third-order valence-corrected chi connectivity index (χ3v) is 5.94. The van der Waals surface area contributed by atoms with Crippen LogP contribution in [0.3, 0.4) is 0 Å². The molecule has 2 aromatic rings. The number of rotatable bonds is 5. The number of aromatic nitrogens is 3. The van der Waals surface area contributed by atoms with Gasteiger partial charge in [-0.3, -0.25) is 9.48 Å². The topological polar surface area (TPSA) is 74.5 Å². The van der Waals surface area contributed by atoms with E-state index in [0.29, 0.717) is 18.0 Å². The van der Waals surface area contributed by atoms with Gasteiger partial charge in [0, 0.05) is 51.3 Å². The van der Waals surface area contributed by atoms with Crippen LogP contribution in [-0.4, -0.2) is 63.0 Å². The molecule has 2 aliphatic heterocycles. The second-order valence-electron chi connectivity index (χ2n) is 7.94. The highest BCUT2D eigenvalue weighted by Gasteiger charge is 2.24. The summed E-state index contributed by atoms with van der Waals surface area (Å²) < 4.78 is 1.98. The number of carbonyl (C=O) groups is 1. The van der Waals surface area contributed by atoms with Crippen molar-refractivity contribution in [2.75, 3.05) is 31.1 Å². The first-order chi connectivity index (χ1) is 13.7. The molecule has 1 N–H and O–H groups in total. The summed E-state index contributed by atoms with van der Waals surface area (Å²) in [6.07, 6.45) is 10.2. The molecule has 4 heterocycles. The molecule has 0 saturated carbocycles. The van der Waals surface area contributed by atoms with Crippen LogP contribution in [-0.2, 0) is 6.54 Å². The Bertz CT molecular complexity index is 754. The Morgan fingerprint density at radius 3 is 2.71 bits per heavy atom. The van der Waals surface area contributed by atoms with Crippen molar-refractivity contribution >= 4 is 11.7 Å². The lowest BCUT2D eigenvalue weighted by atomic mass is 9.93. The molecule has 7 nitrogen and oxygen atoms in total. The molecule has 2 saturated heterocycles. The SMILES string of the molecule is O=C(c1ccc(N2CCCC(O)C2)nc1)N1CCC(CCn2cccn2)CC1. The van der Waals surface area contributed by atoms with E-state index in [0.717, 1.165) is 64.1 Å². The zero-order valence-electron chi connectivity index (χ0n) is 16.3. The average Bonchev–Trinajstić information content (AvgIpc) is 3.26. The molecule has 0 radical (unpaired) electrons. The summed E-state index contributed by atoms with van der Waals surface area (Å²) in [5, 5.41) is 14.1. The fourth-order valence-electron chi connectivity index (χ4n) is 4.22. The maximum atomic E-state index is 12.8. The van der Waals surface area contributed by atoms with Crippen molar-refractivity contribution < 1.29 is 9.90 Å².